The second-order valence-electron chi connectivity index (χ2n) is 22.9. The number of nitrogens with one attached hydrogen (secondary N) is 1. The third kappa shape index (κ3) is 33.5. The molecule has 76 heavy (non-hydrogen) atoms. The lowest BCUT2D eigenvalue weighted by Gasteiger charge is -2.46. The number of allylic oxidation sites excluding steroid dienone is 2. The molecule has 2 aliphatic rings. The van der Waals surface area contributed by atoms with Gasteiger partial charge in [0.15, 0.2) is 12.6 Å². The fourth-order valence-corrected chi connectivity index (χ4v) is 10.8. The Hall–Kier alpha value is -1.27. The number of rotatable bonds is 52. The van der Waals surface area contributed by atoms with Gasteiger partial charge in [0.2, 0.25) is 5.91 Å². The van der Waals surface area contributed by atoms with Crippen LogP contribution >= 0.6 is 0 Å². The van der Waals surface area contributed by atoms with Crippen LogP contribution in [0.1, 0.15) is 284 Å². The van der Waals surface area contributed by atoms with E-state index in [9.17, 15) is 45.6 Å². The second kappa shape index (κ2) is 48.4. The van der Waals surface area contributed by atoms with Gasteiger partial charge in [-0.25, -0.2) is 0 Å². The molecule has 2 fully saturated rings. The third-order valence-electron chi connectivity index (χ3n) is 16.0. The van der Waals surface area contributed by atoms with Crippen molar-refractivity contribution in [2.24, 2.45) is 0 Å². The summed E-state index contributed by atoms with van der Waals surface area (Å²) >= 11 is 0. The number of amides is 1. The Bertz CT molecular complexity index is 1330. The van der Waals surface area contributed by atoms with Gasteiger partial charge in [0, 0.05) is 6.42 Å². The van der Waals surface area contributed by atoms with Crippen molar-refractivity contribution in [2.45, 2.75) is 357 Å². The van der Waals surface area contributed by atoms with Gasteiger partial charge in [0.05, 0.1) is 32.0 Å². The number of carbonyl (C=O) groups is 1. The van der Waals surface area contributed by atoms with E-state index in [1.54, 1.807) is 0 Å². The lowest BCUT2D eigenvalue weighted by atomic mass is 9.97. The van der Waals surface area contributed by atoms with Crippen LogP contribution in [0.25, 0.3) is 0 Å². The molecule has 2 aliphatic heterocycles. The lowest BCUT2D eigenvalue weighted by molar-refractivity contribution is -0.359. The zero-order valence-corrected chi connectivity index (χ0v) is 48.5. The monoisotopic (exact) mass is 1090 g/mol. The van der Waals surface area contributed by atoms with E-state index in [1.807, 2.05) is 0 Å². The Labute approximate surface area is 463 Å². The molecule has 14 heteroatoms. The molecule has 0 aromatic carbocycles. The molecule has 1 amide bonds. The Morgan fingerprint density at radius 3 is 1.25 bits per heavy atom. The summed E-state index contributed by atoms with van der Waals surface area (Å²) in [7, 11) is 0. The maximum Gasteiger partial charge on any atom is 0.220 e. The highest BCUT2D eigenvalue weighted by Gasteiger charge is 2.51. The molecule has 0 radical (unpaired) electrons. The Morgan fingerprint density at radius 1 is 0.461 bits per heavy atom. The molecule has 2 saturated heterocycles. The first kappa shape index (κ1) is 70.8. The van der Waals surface area contributed by atoms with E-state index in [1.165, 1.54) is 199 Å². The topological polar surface area (TPSA) is 228 Å². The zero-order valence-electron chi connectivity index (χ0n) is 48.5. The van der Waals surface area contributed by atoms with Gasteiger partial charge >= 0.3 is 0 Å². The summed E-state index contributed by atoms with van der Waals surface area (Å²) in [5, 5.41) is 87.4. The van der Waals surface area contributed by atoms with Crippen molar-refractivity contribution in [3.8, 4) is 0 Å². The summed E-state index contributed by atoms with van der Waals surface area (Å²) in [5.41, 5.74) is 0. The van der Waals surface area contributed by atoms with Crippen molar-refractivity contribution in [2.75, 3.05) is 19.8 Å². The highest BCUT2D eigenvalue weighted by atomic mass is 16.7. The smallest absolute Gasteiger partial charge is 0.220 e. The molecule has 14 nitrogen and oxygen atoms in total. The van der Waals surface area contributed by atoms with Crippen molar-refractivity contribution in [3.05, 3.63) is 12.2 Å². The molecule has 450 valence electrons. The molecule has 12 atom stereocenters. The van der Waals surface area contributed by atoms with E-state index in [-0.39, 0.29) is 12.5 Å². The first-order chi connectivity index (χ1) is 37.1. The maximum atomic E-state index is 13.3. The minimum absolute atomic E-state index is 0.207. The standard InChI is InChI=1S/C62H119NO13/c1-3-5-7-9-11-13-15-17-19-21-22-23-24-25-26-27-28-30-31-33-35-37-39-41-43-45-51(66)50(63-54(67)46-44-42-40-38-36-34-32-29-20-18-16-14-12-10-8-6-4-2)49-73-61-59(72)57(70)60(53(48-65)75-61)76-62-58(71)56(69)55(68)52(47-64)74-62/h18,20,50-53,55-62,64-66,68-72H,3-17,19,21-49H2,1-2H3,(H,63,67)/b20-18-. The van der Waals surface area contributed by atoms with Gasteiger partial charge in [-0.2, -0.15) is 0 Å². The average Bonchev–Trinajstić information content (AvgIpc) is 3.42. The molecule has 0 spiro atoms. The van der Waals surface area contributed by atoms with E-state index in [0.717, 1.165) is 57.8 Å². The van der Waals surface area contributed by atoms with Crippen molar-refractivity contribution in [1.82, 2.24) is 5.32 Å². The Morgan fingerprint density at radius 2 is 0.829 bits per heavy atom. The zero-order chi connectivity index (χ0) is 55.3. The summed E-state index contributed by atoms with van der Waals surface area (Å²) in [6.45, 7) is 2.89. The van der Waals surface area contributed by atoms with Gasteiger partial charge in [-0.1, -0.05) is 251 Å². The molecule has 0 bridgehead atoms. The van der Waals surface area contributed by atoms with Gasteiger partial charge in [0.1, 0.15) is 48.8 Å². The minimum atomic E-state index is -1.78. The lowest BCUT2D eigenvalue weighted by Crippen LogP contribution is -2.65. The van der Waals surface area contributed by atoms with Crippen molar-refractivity contribution >= 4 is 5.91 Å². The highest BCUT2D eigenvalue weighted by Crippen LogP contribution is 2.30. The molecule has 0 aliphatic carbocycles. The fourth-order valence-electron chi connectivity index (χ4n) is 10.8. The van der Waals surface area contributed by atoms with E-state index >= 15 is 0 Å². The summed E-state index contributed by atoms with van der Waals surface area (Å²) in [6, 6.07) is -0.828. The highest BCUT2D eigenvalue weighted by molar-refractivity contribution is 5.76. The van der Waals surface area contributed by atoms with Crippen LogP contribution in [0.4, 0.5) is 0 Å². The predicted octanol–water partition coefficient (Wildman–Crippen LogP) is 11.5. The van der Waals surface area contributed by atoms with Crippen LogP contribution in [0.2, 0.25) is 0 Å². The van der Waals surface area contributed by atoms with Gasteiger partial charge in [-0.15, -0.1) is 0 Å². The van der Waals surface area contributed by atoms with E-state index in [2.05, 4.69) is 31.3 Å². The average molecular weight is 1090 g/mol. The molecule has 2 rings (SSSR count). The molecule has 0 saturated carbocycles. The first-order valence-corrected chi connectivity index (χ1v) is 31.9. The predicted molar refractivity (Wildman–Crippen MR) is 305 cm³/mol. The van der Waals surface area contributed by atoms with Gasteiger partial charge in [-0.05, 0) is 38.5 Å². The maximum absolute atomic E-state index is 13.3. The van der Waals surface area contributed by atoms with E-state index in [4.69, 9.17) is 18.9 Å². The molecule has 0 aromatic heterocycles. The first-order valence-electron chi connectivity index (χ1n) is 31.9. The molecular formula is C62H119NO13. The summed E-state index contributed by atoms with van der Waals surface area (Å²) in [5.74, 6) is -0.207. The summed E-state index contributed by atoms with van der Waals surface area (Å²) in [6.07, 6.45) is 39.3. The van der Waals surface area contributed by atoms with E-state index < -0.39 is 86.8 Å². The molecule has 0 aromatic rings. The number of hydrogen-bond acceptors (Lipinski definition) is 13. The van der Waals surface area contributed by atoms with Crippen LogP contribution in [0, 0.1) is 0 Å². The van der Waals surface area contributed by atoms with Crippen LogP contribution in [-0.4, -0.2) is 140 Å². The largest absolute Gasteiger partial charge is 0.394 e. The minimum Gasteiger partial charge on any atom is -0.394 e. The van der Waals surface area contributed by atoms with E-state index in [0.29, 0.717) is 12.8 Å². The molecule has 9 N–H and O–H groups in total. The van der Waals surface area contributed by atoms with Gasteiger partial charge < -0.3 is 65.1 Å². The molecular weight excluding hydrogens is 967 g/mol. The third-order valence-corrected chi connectivity index (χ3v) is 16.0. The number of hydrogen-bond donors (Lipinski definition) is 9. The van der Waals surface area contributed by atoms with Crippen molar-refractivity contribution < 1.29 is 64.6 Å². The second-order valence-corrected chi connectivity index (χ2v) is 22.9. The number of aliphatic hydroxyl groups excluding tert-OH is 8. The molecule has 2 heterocycles. The number of aliphatic hydroxyl groups is 8. The summed E-state index contributed by atoms with van der Waals surface area (Å²) in [4.78, 5) is 13.3. The normalized spacial score (nSPS) is 24.9. The quantitative estimate of drug-likeness (QED) is 0.0204. The Kier molecular flexibility index (Phi) is 45.1. The van der Waals surface area contributed by atoms with Gasteiger partial charge in [-0.3, -0.25) is 4.79 Å². The fraction of sp³-hybridized carbons (Fsp3) is 0.952. The Balaban J connectivity index is 1.71. The SMILES string of the molecule is CCCCCCCC/C=C\CCCCCCCCCC(=O)NC(COC1OC(CO)C(OC2OC(CO)C(O)C(O)C2O)C(O)C1O)C(O)CCCCCCCCCCCCCCCCCCCCCCCCCCC. The number of ether oxygens (including phenoxy) is 4. The van der Waals surface area contributed by atoms with Gasteiger partial charge in [0.25, 0.3) is 0 Å². The van der Waals surface area contributed by atoms with Crippen LogP contribution in [0.15, 0.2) is 12.2 Å². The van der Waals surface area contributed by atoms with Crippen molar-refractivity contribution in [1.29, 1.82) is 0 Å². The van der Waals surface area contributed by atoms with Crippen LogP contribution in [0.5, 0.6) is 0 Å². The summed E-state index contributed by atoms with van der Waals surface area (Å²) < 4.78 is 22.9. The molecule has 12 unspecified atom stereocenters. The number of unbranched alkanes of at least 4 members (excludes halogenated alkanes) is 37. The van der Waals surface area contributed by atoms with Crippen molar-refractivity contribution in [3.63, 3.8) is 0 Å². The number of carbonyl (C=O) groups excluding carboxylic acids is 1. The van der Waals surface area contributed by atoms with Crippen LogP contribution < -0.4 is 5.32 Å². The van der Waals surface area contributed by atoms with Crippen LogP contribution in [0.3, 0.4) is 0 Å². The van der Waals surface area contributed by atoms with Crippen LogP contribution in [-0.2, 0) is 23.7 Å².